The van der Waals surface area contributed by atoms with Gasteiger partial charge in [0.15, 0.2) is 0 Å². The molecule has 0 unspecified atom stereocenters. The van der Waals surface area contributed by atoms with Gasteiger partial charge in [-0.1, -0.05) is 6.42 Å². The van der Waals surface area contributed by atoms with Crippen molar-refractivity contribution in [3.63, 3.8) is 0 Å². The Morgan fingerprint density at radius 1 is 1.03 bits per heavy atom. The van der Waals surface area contributed by atoms with Crippen LogP contribution >= 0.6 is 0 Å². The van der Waals surface area contributed by atoms with E-state index >= 15 is 0 Å². The monoisotopic (exact) mass is 500 g/mol. The number of carbonyl (C=O) groups is 2. The van der Waals surface area contributed by atoms with E-state index in [1.807, 2.05) is 12.1 Å². The second-order valence-corrected chi connectivity index (χ2v) is 9.86. The molecule has 2 aromatic heterocycles. The van der Waals surface area contributed by atoms with Crippen LogP contribution in [0.1, 0.15) is 44.1 Å². The highest BCUT2D eigenvalue weighted by atomic mass is 16.5. The summed E-state index contributed by atoms with van der Waals surface area (Å²) in [5.41, 5.74) is 0.564. The summed E-state index contributed by atoms with van der Waals surface area (Å²) in [4.78, 5) is 38.1. The smallest absolute Gasteiger partial charge is 0.312 e. The van der Waals surface area contributed by atoms with Gasteiger partial charge in [-0.25, -0.2) is 9.67 Å². The van der Waals surface area contributed by atoms with Crippen molar-refractivity contribution in [2.75, 3.05) is 32.8 Å². The van der Waals surface area contributed by atoms with Gasteiger partial charge in [-0.05, 0) is 62.9 Å². The number of nitrogens with zero attached hydrogens (tertiary/aromatic N) is 6. The first-order chi connectivity index (χ1) is 17.4. The van der Waals surface area contributed by atoms with E-state index in [9.17, 15) is 19.8 Å². The number of aromatic nitrogens is 4. The maximum absolute atomic E-state index is 13.2. The molecule has 0 aliphatic carbocycles. The maximum atomic E-state index is 13.2. The number of rotatable bonds is 4. The molecule has 2 aliphatic rings. The van der Waals surface area contributed by atoms with E-state index in [0.717, 1.165) is 32.5 Å². The summed E-state index contributed by atoms with van der Waals surface area (Å²) in [6, 6.07) is 4.00. The number of cyclic esters (lactones) is 1. The van der Waals surface area contributed by atoms with Gasteiger partial charge in [0, 0.05) is 32.0 Å². The highest BCUT2D eigenvalue weighted by Gasteiger charge is 2.42. The number of ether oxygens (including phenoxy) is 1. The van der Waals surface area contributed by atoms with Crippen molar-refractivity contribution in [3.8, 4) is 0 Å². The van der Waals surface area contributed by atoms with Gasteiger partial charge >= 0.3 is 5.97 Å². The Hall–Kier alpha value is -2.89. The van der Waals surface area contributed by atoms with Crippen molar-refractivity contribution in [2.45, 2.75) is 63.8 Å². The van der Waals surface area contributed by atoms with E-state index in [1.54, 1.807) is 17.3 Å². The zero-order valence-corrected chi connectivity index (χ0v) is 20.6. The third-order valence-corrected chi connectivity index (χ3v) is 7.38. The van der Waals surface area contributed by atoms with Crippen LogP contribution in [0.2, 0.25) is 0 Å². The van der Waals surface area contributed by atoms with Crippen LogP contribution in [0.4, 0.5) is 0 Å². The van der Waals surface area contributed by atoms with E-state index in [-0.39, 0.29) is 31.4 Å². The Morgan fingerprint density at radius 3 is 2.53 bits per heavy atom. The summed E-state index contributed by atoms with van der Waals surface area (Å²) in [5.74, 6) is -0.417. The fraction of sp³-hybridized carbons (Fsp3) is 0.640. The lowest BCUT2D eigenvalue weighted by Crippen LogP contribution is -2.45. The van der Waals surface area contributed by atoms with Crippen LogP contribution in [0, 0.1) is 5.41 Å². The number of aliphatic hydroxyl groups excluding tert-OH is 2. The van der Waals surface area contributed by atoms with Crippen molar-refractivity contribution in [3.05, 3.63) is 42.7 Å². The predicted octanol–water partition coefficient (Wildman–Crippen LogP) is 0.623. The van der Waals surface area contributed by atoms with E-state index < -0.39 is 17.6 Å². The molecule has 1 spiro atoms. The number of aliphatic hydroxyl groups is 2. The molecular formula is C25H36N6O5. The Kier molecular flexibility index (Phi) is 9.00. The molecule has 4 heterocycles. The van der Waals surface area contributed by atoms with Crippen LogP contribution in [-0.2, 0) is 27.4 Å². The average molecular weight is 501 g/mol. The van der Waals surface area contributed by atoms with E-state index in [0.29, 0.717) is 32.4 Å². The number of carbonyl (C=O) groups excluding carboxylic acids is 2. The molecule has 2 saturated heterocycles. The highest BCUT2D eigenvalue weighted by molar-refractivity contribution is 5.77. The average Bonchev–Trinajstić information content (AvgIpc) is 3.40. The summed E-state index contributed by atoms with van der Waals surface area (Å²) in [6.07, 6.45) is 7.85. The van der Waals surface area contributed by atoms with Crippen LogP contribution < -0.4 is 0 Å². The minimum atomic E-state index is -1.20. The van der Waals surface area contributed by atoms with Crippen molar-refractivity contribution in [2.24, 2.45) is 5.41 Å². The van der Waals surface area contributed by atoms with Gasteiger partial charge in [-0.2, -0.15) is 5.10 Å². The van der Waals surface area contributed by atoms with Crippen LogP contribution in [0.5, 0.6) is 0 Å². The Labute approximate surface area is 211 Å². The van der Waals surface area contributed by atoms with Crippen molar-refractivity contribution >= 4 is 11.9 Å². The minimum Gasteiger partial charge on any atom is -0.462 e. The Morgan fingerprint density at radius 2 is 1.81 bits per heavy atom. The van der Waals surface area contributed by atoms with Crippen LogP contribution in [0.15, 0.2) is 37.2 Å². The lowest BCUT2D eigenvalue weighted by atomic mass is 9.74. The van der Waals surface area contributed by atoms with Crippen molar-refractivity contribution in [1.82, 2.24) is 29.5 Å². The highest BCUT2D eigenvalue weighted by Crippen LogP contribution is 2.38. The quantitative estimate of drug-likeness (QED) is 0.580. The molecule has 0 saturated carbocycles. The third-order valence-electron chi connectivity index (χ3n) is 7.38. The number of likely N-dealkylation sites (tertiary alicyclic amines) is 1. The summed E-state index contributed by atoms with van der Waals surface area (Å²) >= 11 is 0. The zero-order valence-electron chi connectivity index (χ0n) is 20.6. The molecule has 2 aromatic rings. The fourth-order valence-corrected chi connectivity index (χ4v) is 5.03. The van der Waals surface area contributed by atoms with Gasteiger partial charge in [0.1, 0.15) is 31.9 Å². The normalized spacial score (nSPS) is 24.4. The molecule has 196 valence electrons. The lowest BCUT2D eigenvalue weighted by molar-refractivity contribution is -0.165. The first-order valence-corrected chi connectivity index (χ1v) is 12.7. The summed E-state index contributed by atoms with van der Waals surface area (Å²) in [7, 11) is 0. The number of hydrogen-bond acceptors (Lipinski definition) is 9. The molecule has 0 aromatic carbocycles. The molecule has 4 rings (SSSR count). The molecule has 2 atom stereocenters. The first kappa shape index (κ1) is 26.2. The summed E-state index contributed by atoms with van der Waals surface area (Å²) in [5, 5.41) is 24.8. The SMILES string of the molecule is O=C(Cn1cncn1)N1CCCCC2(CCN(Cc3ccncc3)CC2)C(=O)OC[C@@H](O)[C@@H](O)CC1. The molecule has 36 heavy (non-hydrogen) atoms. The minimum absolute atomic E-state index is 0.0670. The van der Waals surface area contributed by atoms with Crippen molar-refractivity contribution in [1.29, 1.82) is 0 Å². The summed E-state index contributed by atoms with van der Waals surface area (Å²) < 4.78 is 7.02. The molecule has 11 nitrogen and oxygen atoms in total. The molecule has 0 bridgehead atoms. The number of piperidine rings is 1. The van der Waals surface area contributed by atoms with Gasteiger partial charge < -0.3 is 19.8 Å². The number of esters is 1. The number of hydrogen-bond donors (Lipinski definition) is 2. The van der Waals surface area contributed by atoms with Gasteiger partial charge in [0.05, 0.1) is 11.5 Å². The molecule has 2 N–H and O–H groups in total. The largest absolute Gasteiger partial charge is 0.462 e. The van der Waals surface area contributed by atoms with E-state index in [1.165, 1.54) is 22.9 Å². The fourth-order valence-electron chi connectivity index (χ4n) is 5.03. The Balaban J connectivity index is 1.40. The lowest BCUT2D eigenvalue weighted by Gasteiger charge is -2.40. The van der Waals surface area contributed by atoms with Gasteiger partial charge in [0.2, 0.25) is 5.91 Å². The zero-order chi connectivity index (χ0) is 25.4. The number of amides is 1. The van der Waals surface area contributed by atoms with Gasteiger partial charge in [-0.3, -0.25) is 19.5 Å². The molecule has 11 heteroatoms. The van der Waals surface area contributed by atoms with Crippen LogP contribution in [0.3, 0.4) is 0 Å². The summed E-state index contributed by atoms with van der Waals surface area (Å²) in [6.45, 7) is 2.97. The van der Waals surface area contributed by atoms with Crippen LogP contribution in [0.25, 0.3) is 0 Å². The van der Waals surface area contributed by atoms with Crippen LogP contribution in [-0.4, -0.2) is 96.6 Å². The third kappa shape index (κ3) is 6.86. The second-order valence-electron chi connectivity index (χ2n) is 9.86. The van der Waals surface area contributed by atoms with Gasteiger partial charge in [-0.15, -0.1) is 0 Å². The first-order valence-electron chi connectivity index (χ1n) is 12.7. The molecular weight excluding hydrogens is 464 g/mol. The maximum Gasteiger partial charge on any atom is 0.312 e. The van der Waals surface area contributed by atoms with Crippen molar-refractivity contribution < 1.29 is 24.5 Å². The predicted molar refractivity (Wildman–Crippen MR) is 129 cm³/mol. The number of pyridine rings is 1. The van der Waals surface area contributed by atoms with E-state index in [2.05, 4.69) is 20.0 Å². The molecule has 0 radical (unpaired) electrons. The molecule has 1 amide bonds. The molecule has 2 aliphatic heterocycles. The topological polar surface area (TPSA) is 134 Å². The van der Waals surface area contributed by atoms with E-state index in [4.69, 9.17) is 4.74 Å². The van der Waals surface area contributed by atoms with Gasteiger partial charge in [0.25, 0.3) is 0 Å². The second kappa shape index (κ2) is 12.4. The standard InChI is InChI=1S/C25H36N6O5/c32-21-5-12-30(23(34)16-31-19-27-18-28-31)11-2-1-6-25(24(35)36-17-22(21)33)7-13-29(14-8-25)15-20-3-9-26-10-4-20/h3-4,9-10,18-19,21-22,32-33H,1-2,5-8,11-17H2/t21-,22+/m0/s1. The Bertz CT molecular complexity index is 965. The molecule has 2 fully saturated rings.